The summed E-state index contributed by atoms with van der Waals surface area (Å²) in [7, 11) is 0. The Balaban J connectivity index is 2.26. The summed E-state index contributed by atoms with van der Waals surface area (Å²) in [4.78, 5) is 13.8. The smallest absolute Gasteiger partial charge is 0.234 e. The van der Waals surface area contributed by atoms with Crippen molar-refractivity contribution in [1.82, 2.24) is 15.5 Å². The third-order valence-corrected chi connectivity index (χ3v) is 2.71. The molecule has 1 saturated heterocycles. The number of hydrogen-bond donors (Lipinski definition) is 2. The zero-order valence-corrected chi connectivity index (χ0v) is 9.88. The molecule has 0 atom stereocenters. The molecule has 1 rings (SSSR count). The second-order valence-electron chi connectivity index (χ2n) is 4.13. The molecule has 1 heterocycles. The second-order valence-corrected chi connectivity index (χ2v) is 4.13. The van der Waals surface area contributed by atoms with Crippen LogP contribution in [0, 0.1) is 0 Å². The van der Waals surface area contributed by atoms with Crippen molar-refractivity contribution in [3.8, 4) is 0 Å². The molecule has 0 aliphatic carbocycles. The Morgan fingerprint density at radius 2 is 2.13 bits per heavy atom. The number of nitrogens with one attached hydrogen (secondary N) is 2. The summed E-state index contributed by atoms with van der Waals surface area (Å²) in [6.45, 7) is 8.65. The standard InChI is InChI=1S/C11H23N3O/c1-3-5-13-11(15)9-14(6-4-2)10-7-12-8-10/h10,12H,3-9H2,1-2H3,(H,13,15). The highest BCUT2D eigenvalue weighted by atomic mass is 16.2. The number of hydrogen-bond acceptors (Lipinski definition) is 3. The Morgan fingerprint density at radius 3 is 2.60 bits per heavy atom. The van der Waals surface area contributed by atoms with Crippen LogP contribution in [-0.2, 0) is 4.79 Å². The van der Waals surface area contributed by atoms with Gasteiger partial charge in [0, 0.05) is 25.7 Å². The fraction of sp³-hybridized carbons (Fsp3) is 0.909. The normalized spacial score (nSPS) is 16.5. The average Bonchev–Trinajstić information content (AvgIpc) is 2.12. The van der Waals surface area contributed by atoms with Gasteiger partial charge in [-0.1, -0.05) is 13.8 Å². The summed E-state index contributed by atoms with van der Waals surface area (Å²) in [5.74, 6) is 0.164. The lowest BCUT2D eigenvalue weighted by Crippen LogP contribution is -2.59. The van der Waals surface area contributed by atoms with Crippen LogP contribution in [-0.4, -0.2) is 49.6 Å². The maximum absolute atomic E-state index is 11.6. The number of rotatable bonds is 7. The summed E-state index contributed by atoms with van der Waals surface area (Å²) in [5, 5.41) is 6.17. The lowest BCUT2D eigenvalue weighted by atomic mass is 10.1. The molecule has 0 saturated carbocycles. The maximum atomic E-state index is 11.6. The summed E-state index contributed by atoms with van der Waals surface area (Å²) in [6, 6.07) is 0.567. The molecule has 1 fully saturated rings. The van der Waals surface area contributed by atoms with E-state index in [0.29, 0.717) is 12.6 Å². The highest BCUT2D eigenvalue weighted by Gasteiger charge is 2.25. The minimum absolute atomic E-state index is 0.164. The topological polar surface area (TPSA) is 44.4 Å². The van der Waals surface area contributed by atoms with Crippen LogP contribution >= 0.6 is 0 Å². The van der Waals surface area contributed by atoms with E-state index in [4.69, 9.17) is 0 Å². The van der Waals surface area contributed by atoms with Crippen LogP contribution in [0.1, 0.15) is 26.7 Å². The van der Waals surface area contributed by atoms with E-state index in [-0.39, 0.29) is 5.91 Å². The molecule has 0 aromatic rings. The first kappa shape index (κ1) is 12.5. The molecule has 0 radical (unpaired) electrons. The number of amides is 1. The van der Waals surface area contributed by atoms with Gasteiger partial charge in [-0.15, -0.1) is 0 Å². The van der Waals surface area contributed by atoms with Gasteiger partial charge in [0.25, 0.3) is 0 Å². The molecule has 4 nitrogen and oxygen atoms in total. The van der Waals surface area contributed by atoms with Crippen LogP contribution in [0.15, 0.2) is 0 Å². The third-order valence-electron chi connectivity index (χ3n) is 2.71. The van der Waals surface area contributed by atoms with Crippen LogP contribution in [0.2, 0.25) is 0 Å². The van der Waals surface area contributed by atoms with Crippen molar-refractivity contribution in [2.75, 3.05) is 32.7 Å². The average molecular weight is 213 g/mol. The van der Waals surface area contributed by atoms with E-state index in [1.807, 2.05) is 0 Å². The first-order valence-electron chi connectivity index (χ1n) is 5.99. The summed E-state index contributed by atoms with van der Waals surface area (Å²) < 4.78 is 0. The van der Waals surface area contributed by atoms with E-state index in [0.717, 1.165) is 39.0 Å². The largest absolute Gasteiger partial charge is 0.355 e. The van der Waals surface area contributed by atoms with Crippen molar-refractivity contribution >= 4 is 5.91 Å². The quantitative estimate of drug-likeness (QED) is 0.635. The van der Waals surface area contributed by atoms with Gasteiger partial charge in [-0.05, 0) is 19.4 Å². The molecule has 1 aliphatic heterocycles. The van der Waals surface area contributed by atoms with Gasteiger partial charge in [0.05, 0.1) is 6.54 Å². The molecule has 4 heteroatoms. The van der Waals surface area contributed by atoms with Crippen molar-refractivity contribution in [1.29, 1.82) is 0 Å². The number of nitrogens with zero attached hydrogens (tertiary/aromatic N) is 1. The predicted octanol–water partition coefficient (Wildman–Crippen LogP) is 0.196. The van der Waals surface area contributed by atoms with Gasteiger partial charge in [-0.2, -0.15) is 0 Å². The van der Waals surface area contributed by atoms with Crippen LogP contribution in [0.25, 0.3) is 0 Å². The molecule has 2 N–H and O–H groups in total. The third kappa shape index (κ3) is 4.18. The number of carbonyl (C=O) groups is 1. The maximum Gasteiger partial charge on any atom is 0.234 e. The van der Waals surface area contributed by atoms with E-state index < -0.39 is 0 Å². The summed E-state index contributed by atoms with van der Waals surface area (Å²) in [5.41, 5.74) is 0. The molecule has 0 aromatic carbocycles. The van der Waals surface area contributed by atoms with Crippen LogP contribution in [0.4, 0.5) is 0 Å². The second kappa shape index (κ2) is 6.80. The van der Waals surface area contributed by atoms with E-state index in [9.17, 15) is 4.79 Å². The first-order chi connectivity index (χ1) is 7.27. The molecule has 88 valence electrons. The Morgan fingerprint density at radius 1 is 1.40 bits per heavy atom. The van der Waals surface area contributed by atoms with Crippen molar-refractivity contribution in [2.45, 2.75) is 32.7 Å². The molecule has 0 spiro atoms. The molecule has 0 unspecified atom stereocenters. The highest BCUT2D eigenvalue weighted by Crippen LogP contribution is 2.05. The van der Waals surface area contributed by atoms with Crippen molar-refractivity contribution < 1.29 is 4.79 Å². The first-order valence-corrected chi connectivity index (χ1v) is 5.99. The fourth-order valence-electron chi connectivity index (χ4n) is 1.71. The van der Waals surface area contributed by atoms with Crippen LogP contribution in [0.3, 0.4) is 0 Å². The zero-order valence-electron chi connectivity index (χ0n) is 9.88. The molecule has 0 bridgehead atoms. The Labute approximate surface area is 92.4 Å². The summed E-state index contributed by atoms with van der Waals surface area (Å²) >= 11 is 0. The van der Waals surface area contributed by atoms with Gasteiger partial charge in [0.2, 0.25) is 5.91 Å². The predicted molar refractivity (Wildman–Crippen MR) is 61.8 cm³/mol. The lowest BCUT2D eigenvalue weighted by molar-refractivity contribution is -0.123. The minimum Gasteiger partial charge on any atom is -0.355 e. The van der Waals surface area contributed by atoms with E-state index in [1.54, 1.807) is 0 Å². The molecule has 15 heavy (non-hydrogen) atoms. The van der Waals surface area contributed by atoms with Crippen molar-refractivity contribution in [2.24, 2.45) is 0 Å². The lowest BCUT2D eigenvalue weighted by Gasteiger charge is -2.37. The SMILES string of the molecule is CCCNC(=O)CN(CCC)C1CNC1. The van der Waals surface area contributed by atoms with E-state index in [1.165, 1.54) is 0 Å². The van der Waals surface area contributed by atoms with Crippen LogP contribution < -0.4 is 10.6 Å². The van der Waals surface area contributed by atoms with Gasteiger partial charge in [-0.25, -0.2) is 0 Å². The number of carbonyl (C=O) groups excluding carboxylic acids is 1. The minimum atomic E-state index is 0.164. The Kier molecular flexibility index (Phi) is 5.65. The monoisotopic (exact) mass is 213 g/mol. The molecule has 1 aliphatic rings. The highest BCUT2D eigenvalue weighted by molar-refractivity contribution is 5.78. The molecule has 0 aromatic heterocycles. The van der Waals surface area contributed by atoms with Gasteiger partial charge in [-0.3, -0.25) is 9.69 Å². The van der Waals surface area contributed by atoms with Gasteiger partial charge in [0.15, 0.2) is 0 Å². The van der Waals surface area contributed by atoms with Crippen molar-refractivity contribution in [3.05, 3.63) is 0 Å². The van der Waals surface area contributed by atoms with Crippen LogP contribution in [0.5, 0.6) is 0 Å². The molecular weight excluding hydrogens is 190 g/mol. The van der Waals surface area contributed by atoms with E-state index >= 15 is 0 Å². The van der Waals surface area contributed by atoms with Gasteiger partial charge in [0.1, 0.15) is 0 Å². The van der Waals surface area contributed by atoms with Gasteiger partial charge >= 0.3 is 0 Å². The van der Waals surface area contributed by atoms with E-state index in [2.05, 4.69) is 29.4 Å². The van der Waals surface area contributed by atoms with Crippen molar-refractivity contribution in [3.63, 3.8) is 0 Å². The Bertz CT molecular complexity index is 192. The fourth-order valence-corrected chi connectivity index (χ4v) is 1.71. The zero-order chi connectivity index (χ0) is 11.1. The molecular formula is C11H23N3O. The van der Waals surface area contributed by atoms with Gasteiger partial charge < -0.3 is 10.6 Å². The molecule has 1 amide bonds. The Hall–Kier alpha value is -0.610. The summed E-state index contributed by atoms with van der Waals surface area (Å²) in [6.07, 6.45) is 2.11.